The van der Waals surface area contributed by atoms with E-state index in [0.717, 1.165) is 56.3 Å². The molecule has 2 atom stereocenters. The third-order valence-electron chi connectivity index (χ3n) is 5.13. The first-order chi connectivity index (χ1) is 11.2. The van der Waals surface area contributed by atoms with Crippen molar-refractivity contribution in [2.45, 2.75) is 63.1 Å². The Morgan fingerprint density at radius 2 is 1.91 bits per heavy atom. The zero-order valence-corrected chi connectivity index (χ0v) is 14.1. The van der Waals surface area contributed by atoms with E-state index in [0.29, 0.717) is 6.61 Å². The standard InChI is InChI=1S/C19H26O4/c1-3-4-14-22-17(20)19-13-7-5-6-12-18(19,23-19)15-8-10-16(21-2)11-9-15/h8-11H,3-7,12-14H2,1-2H3. The summed E-state index contributed by atoms with van der Waals surface area (Å²) >= 11 is 0. The number of unbranched alkanes of at least 4 members (excludes halogenated alkanes) is 1. The fourth-order valence-electron chi connectivity index (χ4n) is 3.73. The number of hydrogen-bond donors (Lipinski definition) is 0. The lowest BCUT2D eigenvalue weighted by Crippen LogP contribution is -2.34. The van der Waals surface area contributed by atoms with Crippen LogP contribution in [0.15, 0.2) is 24.3 Å². The largest absolute Gasteiger partial charge is 0.497 e. The average Bonchev–Trinajstić information content (AvgIpc) is 3.26. The number of methoxy groups -OCH3 is 1. The van der Waals surface area contributed by atoms with Crippen molar-refractivity contribution in [3.05, 3.63) is 29.8 Å². The molecule has 23 heavy (non-hydrogen) atoms. The zero-order valence-electron chi connectivity index (χ0n) is 14.1. The normalized spacial score (nSPS) is 29.3. The minimum Gasteiger partial charge on any atom is -0.497 e. The number of hydrogen-bond acceptors (Lipinski definition) is 4. The Labute approximate surface area is 138 Å². The maximum absolute atomic E-state index is 12.7. The van der Waals surface area contributed by atoms with Gasteiger partial charge in [0.2, 0.25) is 0 Å². The molecule has 3 rings (SSSR count). The molecular formula is C19H26O4. The summed E-state index contributed by atoms with van der Waals surface area (Å²) in [7, 11) is 1.65. The van der Waals surface area contributed by atoms with Crippen LogP contribution in [0.5, 0.6) is 5.75 Å². The molecule has 2 fully saturated rings. The van der Waals surface area contributed by atoms with Gasteiger partial charge in [0.1, 0.15) is 11.4 Å². The fraction of sp³-hybridized carbons (Fsp3) is 0.632. The number of esters is 1. The molecule has 4 heteroatoms. The molecule has 4 nitrogen and oxygen atoms in total. The third kappa shape index (κ3) is 2.74. The first-order valence-electron chi connectivity index (χ1n) is 8.70. The number of fused-ring (bicyclic) bond motifs is 1. The number of benzene rings is 1. The lowest BCUT2D eigenvalue weighted by Gasteiger charge is -2.17. The van der Waals surface area contributed by atoms with Gasteiger partial charge in [-0.05, 0) is 43.4 Å². The van der Waals surface area contributed by atoms with Crippen molar-refractivity contribution in [1.82, 2.24) is 0 Å². The topological polar surface area (TPSA) is 48.1 Å². The number of carbonyl (C=O) groups excluding carboxylic acids is 1. The molecule has 1 aromatic rings. The molecule has 0 bridgehead atoms. The Kier molecular flexibility index (Phi) is 4.62. The molecule has 1 saturated heterocycles. The average molecular weight is 318 g/mol. The summed E-state index contributed by atoms with van der Waals surface area (Å²) in [4.78, 5) is 12.7. The zero-order chi connectivity index (χ0) is 16.3. The van der Waals surface area contributed by atoms with Gasteiger partial charge in [-0.25, -0.2) is 4.79 Å². The number of epoxide rings is 1. The molecule has 2 aliphatic rings. The Bertz CT molecular complexity index is 553. The van der Waals surface area contributed by atoms with Gasteiger partial charge in [0.15, 0.2) is 5.60 Å². The van der Waals surface area contributed by atoms with Gasteiger partial charge < -0.3 is 14.2 Å². The molecule has 0 radical (unpaired) electrons. The van der Waals surface area contributed by atoms with Gasteiger partial charge in [-0.2, -0.15) is 0 Å². The van der Waals surface area contributed by atoms with Gasteiger partial charge >= 0.3 is 5.97 Å². The minimum absolute atomic E-state index is 0.177. The summed E-state index contributed by atoms with van der Waals surface area (Å²) < 4.78 is 16.9. The van der Waals surface area contributed by atoms with Crippen LogP contribution in [0.3, 0.4) is 0 Å². The van der Waals surface area contributed by atoms with Crippen LogP contribution in [0.1, 0.15) is 57.4 Å². The number of ether oxygens (including phenoxy) is 3. The molecule has 1 aliphatic heterocycles. The fourth-order valence-corrected chi connectivity index (χ4v) is 3.73. The van der Waals surface area contributed by atoms with Crippen LogP contribution in [0.4, 0.5) is 0 Å². The van der Waals surface area contributed by atoms with E-state index < -0.39 is 11.2 Å². The van der Waals surface area contributed by atoms with E-state index in [2.05, 4.69) is 6.92 Å². The Balaban J connectivity index is 1.84. The van der Waals surface area contributed by atoms with E-state index >= 15 is 0 Å². The van der Waals surface area contributed by atoms with Crippen LogP contribution in [0.25, 0.3) is 0 Å². The maximum atomic E-state index is 12.7. The van der Waals surface area contributed by atoms with E-state index in [1.807, 2.05) is 24.3 Å². The summed E-state index contributed by atoms with van der Waals surface area (Å²) in [5.41, 5.74) is -0.210. The van der Waals surface area contributed by atoms with Gasteiger partial charge in [0.25, 0.3) is 0 Å². The van der Waals surface area contributed by atoms with Gasteiger partial charge in [-0.1, -0.05) is 38.3 Å². The molecule has 2 unspecified atom stereocenters. The highest BCUT2D eigenvalue weighted by Gasteiger charge is 2.75. The monoisotopic (exact) mass is 318 g/mol. The van der Waals surface area contributed by atoms with Crippen molar-refractivity contribution >= 4 is 5.97 Å². The van der Waals surface area contributed by atoms with Crippen LogP contribution in [-0.4, -0.2) is 25.3 Å². The van der Waals surface area contributed by atoms with Crippen molar-refractivity contribution in [2.24, 2.45) is 0 Å². The van der Waals surface area contributed by atoms with Crippen molar-refractivity contribution in [3.63, 3.8) is 0 Å². The summed E-state index contributed by atoms with van der Waals surface area (Å²) in [5, 5.41) is 0. The van der Waals surface area contributed by atoms with Crippen LogP contribution in [0, 0.1) is 0 Å². The van der Waals surface area contributed by atoms with Crippen LogP contribution < -0.4 is 4.74 Å². The summed E-state index contributed by atoms with van der Waals surface area (Å²) in [5.74, 6) is 0.638. The number of carbonyl (C=O) groups is 1. The quantitative estimate of drug-likeness (QED) is 0.452. The first kappa shape index (κ1) is 16.3. The van der Waals surface area contributed by atoms with E-state index in [1.54, 1.807) is 7.11 Å². The molecular weight excluding hydrogens is 292 g/mol. The molecule has 0 amide bonds. The predicted octanol–water partition coefficient (Wildman–Crippen LogP) is 3.97. The van der Waals surface area contributed by atoms with Crippen molar-refractivity contribution in [2.75, 3.05) is 13.7 Å². The highest BCUT2D eigenvalue weighted by Crippen LogP contribution is 2.63. The minimum atomic E-state index is -0.772. The van der Waals surface area contributed by atoms with Crippen molar-refractivity contribution in [1.29, 1.82) is 0 Å². The highest BCUT2D eigenvalue weighted by atomic mass is 16.7. The Morgan fingerprint density at radius 1 is 1.17 bits per heavy atom. The van der Waals surface area contributed by atoms with Crippen molar-refractivity contribution < 1.29 is 19.0 Å². The molecule has 1 heterocycles. The van der Waals surface area contributed by atoms with Crippen molar-refractivity contribution in [3.8, 4) is 5.75 Å². The number of rotatable bonds is 6. The highest BCUT2D eigenvalue weighted by molar-refractivity contribution is 5.85. The lowest BCUT2D eigenvalue weighted by molar-refractivity contribution is -0.150. The molecule has 126 valence electrons. The van der Waals surface area contributed by atoms with E-state index in [4.69, 9.17) is 14.2 Å². The van der Waals surface area contributed by atoms with Gasteiger partial charge in [-0.15, -0.1) is 0 Å². The van der Waals surface area contributed by atoms with E-state index in [9.17, 15) is 4.79 Å². The molecule has 0 N–H and O–H groups in total. The molecule has 0 aromatic heterocycles. The predicted molar refractivity (Wildman–Crippen MR) is 87.4 cm³/mol. The first-order valence-corrected chi connectivity index (χ1v) is 8.70. The smallest absolute Gasteiger partial charge is 0.341 e. The van der Waals surface area contributed by atoms with Crippen LogP contribution >= 0.6 is 0 Å². The third-order valence-corrected chi connectivity index (χ3v) is 5.13. The second-order valence-electron chi connectivity index (χ2n) is 6.53. The van der Waals surface area contributed by atoms with Crippen LogP contribution in [-0.2, 0) is 19.9 Å². The summed E-state index contributed by atoms with van der Waals surface area (Å²) in [6, 6.07) is 7.91. The van der Waals surface area contributed by atoms with Gasteiger partial charge in [0, 0.05) is 0 Å². The van der Waals surface area contributed by atoms with Crippen LogP contribution in [0.2, 0.25) is 0 Å². The van der Waals surface area contributed by atoms with E-state index in [1.165, 1.54) is 0 Å². The lowest BCUT2D eigenvalue weighted by atomic mass is 9.82. The molecule has 0 spiro atoms. The molecule has 1 aromatic carbocycles. The molecule has 1 saturated carbocycles. The van der Waals surface area contributed by atoms with E-state index in [-0.39, 0.29) is 5.97 Å². The SMILES string of the molecule is CCCCOC(=O)C12CCCCCC1(c1ccc(OC)cc1)O2. The summed E-state index contributed by atoms with van der Waals surface area (Å²) in [6.45, 7) is 2.58. The van der Waals surface area contributed by atoms with Gasteiger partial charge in [0.05, 0.1) is 13.7 Å². The Morgan fingerprint density at radius 3 is 2.61 bits per heavy atom. The molecule has 1 aliphatic carbocycles. The second kappa shape index (κ2) is 6.52. The summed E-state index contributed by atoms with van der Waals surface area (Å²) in [6.07, 6.45) is 6.79. The van der Waals surface area contributed by atoms with Gasteiger partial charge in [-0.3, -0.25) is 0 Å². The second-order valence-corrected chi connectivity index (χ2v) is 6.53. The maximum Gasteiger partial charge on any atom is 0.341 e. The Hall–Kier alpha value is -1.55.